The third-order valence-electron chi connectivity index (χ3n) is 4.41. The van der Waals surface area contributed by atoms with Crippen LogP contribution in [0.3, 0.4) is 0 Å². The fourth-order valence-corrected chi connectivity index (χ4v) is 3.28. The van der Waals surface area contributed by atoms with E-state index in [0.717, 1.165) is 0 Å². The molecule has 0 saturated carbocycles. The van der Waals surface area contributed by atoms with Gasteiger partial charge >= 0.3 is 18.0 Å². The third-order valence-corrected chi connectivity index (χ3v) is 4.74. The van der Waals surface area contributed by atoms with Gasteiger partial charge in [0.2, 0.25) is 0 Å². The maximum atomic E-state index is 12.8. The topological polar surface area (TPSA) is 120 Å². The number of halogens is 1. The molecule has 30 heavy (non-hydrogen) atoms. The van der Waals surface area contributed by atoms with Crippen LogP contribution in [0.25, 0.3) is 11.3 Å². The molecule has 158 valence electrons. The largest absolute Gasteiger partial charge is 0.463 e. The van der Waals surface area contributed by atoms with Crippen LogP contribution in [0, 0.1) is 6.92 Å². The van der Waals surface area contributed by atoms with Gasteiger partial charge in [-0.25, -0.2) is 14.4 Å². The molecular weight excluding hydrogens is 414 g/mol. The van der Waals surface area contributed by atoms with Crippen LogP contribution < -0.4 is 10.6 Å². The molecule has 1 aromatic carbocycles. The van der Waals surface area contributed by atoms with Gasteiger partial charge < -0.3 is 24.6 Å². The van der Waals surface area contributed by atoms with E-state index in [-0.39, 0.29) is 41.5 Å². The van der Waals surface area contributed by atoms with Crippen LogP contribution in [0.4, 0.5) is 4.79 Å². The second-order valence-corrected chi connectivity index (χ2v) is 6.86. The van der Waals surface area contributed by atoms with Gasteiger partial charge in [-0.2, -0.15) is 0 Å². The predicted molar refractivity (Wildman–Crippen MR) is 107 cm³/mol. The Labute approximate surface area is 177 Å². The molecule has 9 nitrogen and oxygen atoms in total. The van der Waals surface area contributed by atoms with Crippen LogP contribution in [0.1, 0.15) is 30.0 Å². The second kappa shape index (κ2) is 9.00. The molecule has 0 radical (unpaired) electrons. The fourth-order valence-electron chi connectivity index (χ4n) is 3.05. The number of aryl methyl sites for hydroxylation is 1. The molecule has 2 aromatic rings. The van der Waals surface area contributed by atoms with E-state index in [0.29, 0.717) is 10.6 Å². The number of amides is 2. The van der Waals surface area contributed by atoms with E-state index in [2.05, 4.69) is 15.8 Å². The second-order valence-electron chi connectivity index (χ2n) is 6.45. The monoisotopic (exact) mass is 433 g/mol. The SMILES string of the molecule is CCOC(=O)C1=C(COC(=O)c2c(-c3ccccc3Cl)noc2C)NC(=O)N[C@H]1C. The van der Waals surface area contributed by atoms with Gasteiger partial charge in [0, 0.05) is 5.56 Å². The van der Waals surface area contributed by atoms with Crippen LogP contribution >= 0.6 is 11.6 Å². The van der Waals surface area contributed by atoms with Crippen molar-refractivity contribution in [3.8, 4) is 11.3 Å². The first-order valence-corrected chi connectivity index (χ1v) is 9.57. The average Bonchev–Trinajstić information content (AvgIpc) is 3.07. The zero-order valence-electron chi connectivity index (χ0n) is 16.6. The Morgan fingerprint density at radius 1 is 1.23 bits per heavy atom. The summed E-state index contributed by atoms with van der Waals surface area (Å²) in [4.78, 5) is 36.9. The summed E-state index contributed by atoms with van der Waals surface area (Å²) in [5.74, 6) is -1.10. The third kappa shape index (κ3) is 4.30. The number of urea groups is 1. The van der Waals surface area contributed by atoms with Crippen LogP contribution in [0.15, 0.2) is 40.1 Å². The smallest absolute Gasteiger partial charge is 0.344 e. The molecule has 2 amide bonds. The minimum atomic E-state index is -0.736. The maximum Gasteiger partial charge on any atom is 0.344 e. The molecule has 1 aliphatic rings. The number of esters is 2. The highest BCUT2D eigenvalue weighted by molar-refractivity contribution is 6.33. The first-order valence-electron chi connectivity index (χ1n) is 9.19. The number of nitrogens with zero attached hydrogens (tertiary/aromatic N) is 1. The molecule has 10 heteroatoms. The number of carbonyl (C=O) groups excluding carboxylic acids is 3. The van der Waals surface area contributed by atoms with Gasteiger partial charge in [0.25, 0.3) is 0 Å². The average molecular weight is 434 g/mol. The summed E-state index contributed by atoms with van der Waals surface area (Å²) in [6.45, 7) is 4.69. The van der Waals surface area contributed by atoms with E-state index in [9.17, 15) is 14.4 Å². The molecule has 0 fully saturated rings. The molecule has 1 atom stereocenters. The van der Waals surface area contributed by atoms with Crippen molar-refractivity contribution in [3.63, 3.8) is 0 Å². The fraction of sp³-hybridized carbons (Fsp3) is 0.300. The van der Waals surface area contributed by atoms with Gasteiger partial charge in [-0.1, -0.05) is 35.0 Å². The minimum Gasteiger partial charge on any atom is -0.463 e. The minimum absolute atomic E-state index is 0.106. The van der Waals surface area contributed by atoms with Crippen LogP contribution in [0.2, 0.25) is 5.02 Å². The summed E-state index contributed by atoms with van der Waals surface area (Å²) < 4.78 is 15.6. The normalized spacial score (nSPS) is 16.0. The van der Waals surface area contributed by atoms with Gasteiger partial charge in [-0.15, -0.1) is 0 Å². The number of aromatic nitrogens is 1. The van der Waals surface area contributed by atoms with E-state index in [1.54, 1.807) is 45.0 Å². The van der Waals surface area contributed by atoms with Crippen molar-refractivity contribution < 1.29 is 28.4 Å². The van der Waals surface area contributed by atoms with Crippen molar-refractivity contribution >= 4 is 29.6 Å². The lowest BCUT2D eigenvalue weighted by atomic mass is 10.0. The van der Waals surface area contributed by atoms with Gasteiger partial charge in [-0.3, -0.25) is 0 Å². The first-order chi connectivity index (χ1) is 14.3. The van der Waals surface area contributed by atoms with Gasteiger partial charge in [0.05, 0.1) is 28.9 Å². The molecule has 0 saturated heterocycles. The van der Waals surface area contributed by atoms with E-state index in [4.69, 9.17) is 25.6 Å². The maximum absolute atomic E-state index is 12.8. The standard InChI is InChI=1S/C20H20ClN3O6/c1-4-28-18(25)15-10(2)22-20(27)23-14(15)9-29-19(26)16-11(3)30-24-17(16)12-7-5-6-8-13(12)21/h5-8,10H,4,9H2,1-3H3,(H2,22,23,27)/t10-/m0/s1. The van der Waals surface area contributed by atoms with E-state index < -0.39 is 24.0 Å². The predicted octanol–water partition coefficient (Wildman–Crippen LogP) is 2.98. The lowest BCUT2D eigenvalue weighted by molar-refractivity contribution is -0.139. The highest BCUT2D eigenvalue weighted by Crippen LogP contribution is 2.31. The molecular formula is C20H20ClN3O6. The van der Waals surface area contributed by atoms with Crippen molar-refractivity contribution in [1.82, 2.24) is 15.8 Å². The molecule has 0 unspecified atom stereocenters. The van der Waals surface area contributed by atoms with Crippen molar-refractivity contribution in [2.24, 2.45) is 0 Å². The number of nitrogens with one attached hydrogen (secondary N) is 2. The summed E-state index contributed by atoms with van der Waals surface area (Å²) in [5, 5.41) is 9.39. The van der Waals surface area contributed by atoms with Crippen molar-refractivity contribution in [3.05, 3.63) is 51.9 Å². The number of rotatable bonds is 6. The molecule has 1 aromatic heterocycles. The summed E-state index contributed by atoms with van der Waals surface area (Å²) >= 11 is 6.21. The van der Waals surface area contributed by atoms with Crippen LogP contribution in [-0.4, -0.2) is 42.4 Å². The van der Waals surface area contributed by atoms with E-state index >= 15 is 0 Å². The number of carbonyl (C=O) groups is 3. The zero-order chi connectivity index (χ0) is 21.8. The van der Waals surface area contributed by atoms with E-state index in [1.165, 1.54) is 0 Å². The highest BCUT2D eigenvalue weighted by Gasteiger charge is 2.31. The Morgan fingerprint density at radius 2 is 1.97 bits per heavy atom. The summed E-state index contributed by atoms with van der Waals surface area (Å²) in [6, 6.07) is 5.75. The van der Waals surface area contributed by atoms with Crippen LogP contribution in [0.5, 0.6) is 0 Å². The van der Waals surface area contributed by atoms with Crippen molar-refractivity contribution in [1.29, 1.82) is 0 Å². The van der Waals surface area contributed by atoms with Gasteiger partial charge in [-0.05, 0) is 26.8 Å². The van der Waals surface area contributed by atoms with Crippen LogP contribution in [-0.2, 0) is 14.3 Å². The molecule has 2 heterocycles. The van der Waals surface area contributed by atoms with Crippen molar-refractivity contribution in [2.75, 3.05) is 13.2 Å². The van der Waals surface area contributed by atoms with Gasteiger partial charge in [0.15, 0.2) is 0 Å². The van der Waals surface area contributed by atoms with Gasteiger partial charge in [0.1, 0.15) is 23.6 Å². The summed E-state index contributed by atoms with van der Waals surface area (Å²) in [5.41, 5.74) is 1.18. The Balaban J connectivity index is 1.87. The molecule has 0 spiro atoms. The number of benzene rings is 1. The summed E-state index contributed by atoms with van der Waals surface area (Å²) in [7, 11) is 0. The molecule has 2 N–H and O–H groups in total. The van der Waals surface area contributed by atoms with Crippen molar-refractivity contribution in [2.45, 2.75) is 26.8 Å². The molecule has 0 aliphatic carbocycles. The zero-order valence-corrected chi connectivity index (χ0v) is 17.3. The Kier molecular flexibility index (Phi) is 6.41. The lowest BCUT2D eigenvalue weighted by Gasteiger charge is -2.26. The lowest BCUT2D eigenvalue weighted by Crippen LogP contribution is -2.50. The van der Waals surface area contributed by atoms with E-state index in [1.807, 2.05) is 0 Å². The number of ether oxygens (including phenoxy) is 2. The number of hydrogen-bond donors (Lipinski definition) is 2. The molecule has 3 rings (SSSR count). The Bertz CT molecular complexity index is 1030. The molecule has 0 bridgehead atoms. The molecule has 1 aliphatic heterocycles. The Hall–Kier alpha value is -3.33. The first kappa shape index (κ1) is 21.4. The summed E-state index contributed by atoms with van der Waals surface area (Å²) in [6.07, 6.45) is 0. The Morgan fingerprint density at radius 3 is 2.67 bits per heavy atom. The number of hydrogen-bond acceptors (Lipinski definition) is 7. The highest BCUT2D eigenvalue weighted by atomic mass is 35.5. The quantitative estimate of drug-likeness (QED) is 0.672.